The molecule has 7 rings (SSSR count). The van der Waals surface area contributed by atoms with Crippen LogP contribution in [0.2, 0.25) is 0 Å². The zero-order valence-electron chi connectivity index (χ0n) is 37.9. The van der Waals surface area contributed by atoms with E-state index in [1.54, 1.807) is 18.2 Å². The van der Waals surface area contributed by atoms with Crippen molar-refractivity contribution in [2.75, 3.05) is 34.5 Å². The molecule has 0 bridgehead atoms. The number of aliphatic hydroxyl groups excluding tert-OH is 1. The molecule has 16 nitrogen and oxygen atoms in total. The largest absolute Gasteiger partial charge is 0.488 e. The first-order valence-corrected chi connectivity index (χ1v) is 21.9. The second-order valence-corrected chi connectivity index (χ2v) is 17.6. The molecule has 2 aromatic heterocycles. The highest BCUT2D eigenvalue weighted by Gasteiger charge is 2.42. The van der Waals surface area contributed by atoms with Gasteiger partial charge in [-0.2, -0.15) is 0 Å². The summed E-state index contributed by atoms with van der Waals surface area (Å²) in [5.41, 5.74) is 6.52. The van der Waals surface area contributed by atoms with Crippen molar-refractivity contribution < 1.29 is 38.4 Å². The minimum absolute atomic E-state index is 0.0666. The highest BCUT2D eigenvalue weighted by atomic mass is 16.5. The highest BCUT2D eigenvalue weighted by Crippen LogP contribution is 2.44. The Balaban J connectivity index is 1.15. The van der Waals surface area contributed by atoms with Crippen molar-refractivity contribution in [3.05, 3.63) is 65.9 Å². The molecule has 2 aliphatic heterocycles. The van der Waals surface area contributed by atoms with E-state index in [0.29, 0.717) is 32.0 Å². The van der Waals surface area contributed by atoms with Crippen LogP contribution < -0.4 is 15.4 Å². The van der Waals surface area contributed by atoms with Gasteiger partial charge in [0.2, 0.25) is 5.91 Å². The predicted octanol–water partition coefficient (Wildman–Crippen LogP) is 7.44. The quantitative estimate of drug-likeness (QED) is 0.0702. The van der Waals surface area contributed by atoms with Gasteiger partial charge < -0.3 is 49.6 Å². The van der Waals surface area contributed by atoms with Crippen molar-refractivity contribution in [2.24, 2.45) is 17.8 Å². The summed E-state index contributed by atoms with van der Waals surface area (Å²) in [5.74, 6) is 1.87. The molecule has 0 radical (unpaired) electrons. The van der Waals surface area contributed by atoms with Crippen molar-refractivity contribution in [2.45, 2.75) is 104 Å². The first-order chi connectivity index (χ1) is 30.2. The van der Waals surface area contributed by atoms with Gasteiger partial charge in [0.1, 0.15) is 36.3 Å². The molecule has 16 heteroatoms. The van der Waals surface area contributed by atoms with E-state index >= 15 is 0 Å². The molecule has 3 aromatic carbocycles. The molecule has 1 fully saturated rings. The molecule has 5 aromatic rings. The number of carbonyl (C=O) groups is 3. The Morgan fingerprint density at radius 2 is 1.70 bits per heavy atom. The van der Waals surface area contributed by atoms with Crippen LogP contribution in [-0.2, 0) is 25.6 Å². The fourth-order valence-corrected chi connectivity index (χ4v) is 9.16. The second kappa shape index (κ2) is 19.0. The van der Waals surface area contributed by atoms with E-state index in [4.69, 9.17) is 28.9 Å². The zero-order valence-corrected chi connectivity index (χ0v) is 37.9. The summed E-state index contributed by atoms with van der Waals surface area (Å²) >= 11 is 0. The number of amides is 3. The van der Waals surface area contributed by atoms with Crippen LogP contribution in [0, 0.1) is 17.8 Å². The van der Waals surface area contributed by atoms with Crippen LogP contribution in [0.4, 0.5) is 9.59 Å². The van der Waals surface area contributed by atoms with Crippen molar-refractivity contribution >= 4 is 39.9 Å². The van der Waals surface area contributed by atoms with Gasteiger partial charge in [0.15, 0.2) is 0 Å². The Morgan fingerprint density at radius 3 is 2.38 bits per heavy atom. The molecule has 5 N–H and O–H groups in total. The van der Waals surface area contributed by atoms with Gasteiger partial charge in [0.05, 0.1) is 61.9 Å². The number of H-pyrrole nitrogens is 2. The maximum Gasteiger partial charge on any atom is 0.407 e. The van der Waals surface area contributed by atoms with Crippen LogP contribution in [0.5, 0.6) is 5.75 Å². The van der Waals surface area contributed by atoms with Crippen LogP contribution >= 0.6 is 0 Å². The maximum atomic E-state index is 14.0. The normalized spacial score (nSPS) is 18.6. The molecule has 0 saturated carbocycles. The minimum Gasteiger partial charge on any atom is -0.488 e. The molecule has 0 spiro atoms. The van der Waals surface area contributed by atoms with Crippen LogP contribution in [0.1, 0.15) is 90.6 Å². The first-order valence-electron chi connectivity index (χ1n) is 21.9. The smallest absolute Gasteiger partial charge is 0.407 e. The van der Waals surface area contributed by atoms with E-state index in [2.05, 4.69) is 57.0 Å². The van der Waals surface area contributed by atoms with Crippen molar-refractivity contribution in [3.8, 4) is 28.1 Å². The summed E-state index contributed by atoms with van der Waals surface area (Å²) in [7, 11) is 4.28. The van der Waals surface area contributed by atoms with Gasteiger partial charge in [0, 0.05) is 30.6 Å². The number of aliphatic hydroxyl groups is 1. The summed E-state index contributed by atoms with van der Waals surface area (Å²) in [4.78, 5) is 59.2. The lowest BCUT2D eigenvalue weighted by Gasteiger charge is -2.37. The third kappa shape index (κ3) is 9.06. The third-order valence-corrected chi connectivity index (χ3v) is 12.8. The lowest BCUT2D eigenvalue weighted by Crippen LogP contribution is -2.54. The summed E-state index contributed by atoms with van der Waals surface area (Å²) in [5, 5.41) is 19.3. The molecule has 338 valence electrons. The van der Waals surface area contributed by atoms with Crippen molar-refractivity contribution in [1.29, 1.82) is 0 Å². The number of hydrogen-bond donors (Lipinski definition) is 5. The number of nitrogens with zero attached hydrogens (tertiary/aromatic N) is 4. The van der Waals surface area contributed by atoms with Gasteiger partial charge in [-0.15, -0.1) is 0 Å². The Morgan fingerprint density at radius 1 is 0.952 bits per heavy atom. The van der Waals surface area contributed by atoms with E-state index in [-0.39, 0.29) is 35.7 Å². The van der Waals surface area contributed by atoms with E-state index in [1.165, 1.54) is 14.2 Å². The number of ether oxygens (including phenoxy) is 4. The number of imidazole rings is 2. The Kier molecular flexibility index (Phi) is 13.6. The number of benzene rings is 3. The van der Waals surface area contributed by atoms with Gasteiger partial charge in [-0.25, -0.2) is 19.6 Å². The van der Waals surface area contributed by atoms with E-state index in [9.17, 15) is 19.5 Å². The van der Waals surface area contributed by atoms with Crippen molar-refractivity contribution in [1.82, 2.24) is 40.4 Å². The van der Waals surface area contributed by atoms with Crippen LogP contribution in [-0.4, -0.2) is 112 Å². The van der Waals surface area contributed by atoms with Gasteiger partial charge in [-0.3, -0.25) is 9.69 Å². The number of hydrogen-bond acceptors (Lipinski definition) is 11. The zero-order chi connectivity index (χ0) is 45.3. The topological polar surface area (TPSA) is 196 Å². The molecule has 1 unspecified atom stereocenters. The number of rotatable bonds is 15. The molecule has 3 amide bonds. The molecule has 2 aliphatic rings. The van der Waals surface area contributed by atoms with E-state index < -0.39 is 36.5 Å². The van der Waals surface area contributed by atoms with Gasteiger partial charge in [0.25, 0.3) is 0 Å². The van der Waals surface area contributed by atoms with Crippen LogP contribution in [0.15, 0.2) is 48.7 Å². The van der Waals surface area contributed by atoms with Gasteiger partial charge in [-0.1, -0.05) is 52.8 Å². The fourth-order valence-electron chi connectivity index (χ4n) is 9.16. The van der Waals surface area contributed by atoms with Gasteiger partial charge in [-0.05, 0) is 90.8 Å². The molecule has 7 atom stereocenters. The molecule has 1 saturated heterocycles. The molecule has 4 heterocycles. The Hall–Kier alpha value is -5.71. The Bertz CT molecular complexity index is 2450. The number of aromatic nitrogens is 4. The minimum atomic E-state index is -0.989. The molecular weight excluding hydrogens is 805 g/mol. The summed E-state index contributed by atoms with van der Waals surface area (Å²) in [6.07, 6.45) is 1.00. The van der Waals surface area contributed by atoms with Crippen molar-refractivity contribution in [3.63, 3.8) is 0 Å². The van der Waals surface area contributed by atoms with Gasteiger partial charge >= 0.3 is 12.2 Å². The van der Waals surface area contributed by atoms with Crippen LogP contribution in [0.3, 0.4) is 0 Å². The number of nitrogens with one attached hydrogen (secondary N) is 4. The average Bonchev–Trinajstić information content (AvgIpc) is 4.05. The molecular formula is C47H62N8O8. The number of likely N-dealkylation sites (tertiary alicyclic amines) is 1. The number of aromatic amines is 2. The lowest BCUT2D eigenvalue weighted by atomic mass is 9.92. The summed E-state index contributed by atoms with van der Waals surface area (Å²) in [6, 6.07) is 12.5. The number of alkyl carbamates (subject to hydrolysis) is 2. The molecule has 0 aliphatic carbocycles. The number of fused-ring (bicyclic) bond motifs is 6. The lowest BCUT2D eigenvalue weighted by molar-refractivity contribution is -0.139. The monoisotopic (exact) mass is 866 g/mol. The fraction of sp³-hybridized carbons (Fsp3) is 0.511. The average molecular weight is 867 g/mol. The highest BCUT2D eigenvalue weighted by molar-refractivity contribution is 6.07. The van der Waals surface area contributed by atoms with E-state index in [1.807, 2.05) is 59.4 Å². The number of methoxy groups -OCH3 is 3. The third-order valence-electron chi connectivity index (χ3n) is 12.8. The second-order valence-electron chi connectivity index (χ2n) is 17.6. The Labute approximate surface area is 368 Å². The number of carbonyl (C=O) groups excluding carboxylic acids is 3. The molecule has 63 heavy (non-hydrogen) atoms. The maximum absolute atomic E-state index is 14.0. The summed E-state index contributed by atoms with van der Waals surface area (Å²) < 4.78 is 21.7. The first kappa shape index (κ1) is 45.3. The standard InChI is InChI=1S/C47H62N8O8/c1-11-26(6)55(45(57)40(25(4)5)53-47(59)62-10)27(7)42-48-20-36(50-42)30-12-14-32-31(17-30)23-63-38-19-33-29(18-34(32)38)13-15-35-41(33)51-43(49-35)37-16-28(22-60-8)21-54(37)44(56)39(24(2)3)52-46(58)61-9/h12-15,17-20,24-28,37,39-40,44,56H,11,16,21-23H2,1-10H3,(H,48,50)(H,49,51)(H,52,58)(H,53,59)/t26-,27-,28-,37-,39-,40-,44?/m0/s1. The summed E-state index contributed by atoms with van der Waals surface area (Å²) in [6.45, 7) is 15.2. The van der Waals surface area contributed by atoms with Crippen LogP contribution in [0.25, 0.3) is 44.2 Å². The predicted molar refractivity (Wildman–Crippen MR) is 240 cm³/mol. The van der Waals surface area contributed by atoms with E-state index in [0.717, 1.165) is 67.7 Å². The SMILES string of the molecule is CC[C@H](C)N(C(=O)[C@@H](NC(=O)OC)C(C)C)[C@@H](C)c1ncc(-c2ccc3c(c2)COc2cc4c(ccc5[nH]c([C@@H]6C[C@H](COC)CN6C(O)[C@@H](NC(=O)OC)C(C)C)nc54)cc2-3)[nH]1.